The molecule has 2 nitrogen and oxygen atoms in total. The van der Waals surface area contributed by atoms with E-state index in [4.69, 9.17) is 11.6 Å². The first-order chi connectivity index (χ1) is 7.84. The van der Waals surface area contributed by atoms with Gasteiger partial charge in [0.25, 0.3) is 0 Å². The van der Waals surface area contributed by atoms with Crippen molar-refractivity contribution in [2.24, 2.45) is 0 Å². The van der Waals surface area contributed by atoms with E-state index in [0.717, 1.165) is 15.6 Å². The van der Waals surface area contributed by atoms with Crippen molar-refractivity contribution in [3.63, 3.8) is 0 Å². The molecule has 1 aromatic carbocycles. The lowest BCUT2D eigenvalue weighted by Crippen LogP contribution is -2.13. The second-order valence-electron chi connectivity index (χ2n) is 4.25. The van der Waals surface area contributed by atoms with Crippen LogP contribution in [0.1, 0.15) is 19.4 Å². The van der Waals surface area contributed by atoms with Gasteiger partial charge in [0, 0.05) is 9.72 Å². The molecule has 0 spiro atoms. The van der Waals surface area contributed by atoms with Crippen molar-refractivity contribution in [1.82, 2.24) is 0 Å². The third kappa shape index (κ3) is 2.09. The molecular formula is C12H13ClO2S2. The Balaban J connectivity index is 2.78. The van der Waals surface area contributed by atoms with E-state index in [-0.39, 0.29) is 0 Å². The van der Waals surface area contributed by atoms with E-state index in [2.05, 4.69) is 0 Å². The topological polar surface area (TPSA) is 34.1 Å². The lowest BCUT2D eigenvalue weighted by molar-refractivity contribution is 0.589. The Morgan fingerprint density at radius 3 is 2.53 bits per heavy atom. The van der Waals surface area contributed by atoms with Crippen LogP contribution in [0.15, 0.2) is 22.4 Å². The molecule has 0 unspecified atom stereocenters. The molecule has 2 aromatic rings. The summed E-state index contributed by atoms with van der Waals surface area (Å²) < 4.78 is 25.8. The van der Waals surface area contributed by atoms with E-state index in [1.165, 1.54) is 11.3 Å². The number of benzene rings is 1. The van der Waals surface area contributed by atoms with Crippen LogP contribution in [0.4, 0.5) is 0 Å². The van der Waals surface area contributed by atoms with Crippen LogP contribution in [0.5, 0.6) is 0 Å². The Kier molecular flexibility index (Phi) is 3.23. The molecule has 92 valence electrons. The molecule has 5 heteroatoms. The summed E-state index contributed by atoms with van der Waals surface area (Å²) in [6.45, 7) is 5.24. The normalized spacial score (nSPS) is 12.5. The molecular weight excluding hydrogens is 276 g/mol. The summed E-state index contributed by atoms with van der Waals surface area (Å²) in [7, 11) is -3.21. The highest BCUT2D eigenvalue weighted by molar-refractivity contribution is 7.94. The SMILES string of the molecule is Cc1c(S(=O)(=O)C(C)C)sc2ccc(Cl)cc12. The summed E-state index contributed by atoms with van der Waals surface area (Å²) >= 11 is 7.25. The fraction of sp³-hybridized carbons (Fsp3) is 0.333. The highest BCUT2D eigenvalue weighted by Gasteiger charge is 2.24. The van der Waals surface area contributed by atoms with Crippen LogP contribution in [0, 0.1) is 6.92 Å². The molecule has 0 atom stereocenters. The molecule has 0 radical (unpaired) electrons. The van der Waals surface area contributed by atoms with Gasteiger partial charge in [-0.05, 0) is 49.9 Å². The smallest absolute Gasteiger partial charge is 0.190 e. The average Bonchev–Trinajstić information content (AvgIpc) is 2.56. The second kappa shape index (κ2) is 4.26. The van der Waals surface area contributed by atoms with Crippen LogP contribution in [0.3, 0.4) is 0 Å². The quantitative estimate of drug-likeness (QED) is 0.835. The van der Waals surface area contributed by atoms with E-state index in [1.54, 1.807) is 19.9 Å². The third-order valence-corrected chi connectivity index (χ3v) is 7.05. The zero-order valence-electron chi connectivity index (χ0n) is 9.82. The first kappa shape index (κ1) is 12.9. The Labute approximate surface area is 110 Å². The van der Waals surface area contributed by atoms with Gasteiger partial charge in [-0.3, -0.25) is 0 Å². The van der Waals surface area contributed by atoms with E-state index >= 15 is 0 Å². The highest BCUT2D eigenvalue weighted by Crippen LogP contribution is 2.36. The fourth-order valence-electron chi connectivity index (χ4n) is 1.66. The summed E-state index contributed by atoms with van der Waals surface area (Å²) in [5, 5.41) is 1.17. The molecule has 0 aliphatic carbocycles. The van der Waals surface area contributed by atoms with E-state index in [1.807, 2.05) is 19.1 Å². The van der Waals surface area contributed by atoms with Crippen LogP contribution in [0.25, 0.3) is 10.1 Å². The Hall–Kier alpha value is -0.580. The molecule has 0 saturated heterocycles. The lowest BCUT2D eigenvalue weighted by Gasteiger charge is -2.05. The molecule has 0 N–H and O–H groups in total. The predicted octanol–water partition coefficient (Wildman–Crippen LogP) is 4.05. The van der Waals surface area contributed by atoms with Crippen molar-refractivity contribution in [3.05, 3.63) is 28.8 Å². The fourth-order valence-corrected chi connectivity index (χ4v) is 5.03. The summed E-state index contributed by atoms with van der Waals surface area (Å²) in [6, 6.07) is 5.47. The summed E-state index contributed by atoms with van der Waals surface area (Å²) in [6.07, 6.45) is 0. The van der Waals surface area contributed by atoms with Gasteiger partial charge in [-0.1, -0.05) is 11.6 Å². The summed E-state index contributed by atoms with van der Waals surface area (Å²) in [4.78, 5) is 0. The van der Waals surface area contributed by atoms with E-state index in [9.17, 15) is 8.42 Å². The number of thiophene rings is 1. The Bertz CT molecular complexity index is 669. The lowest BCUT2D eigenvalue weighted by atomic mass is 10.2. The molecule has 1 aromatic heterocycles. The highest BCUT2D eigenvalue weighted by atomic mass is 35.5. The number of hydrogen-bond acceptors (Lipinski definition) is 3. The zero-order chi connectivity index (χ0) is 12.8. The number of rotatable bonds is 2. The molecule has 0 fully saturated rings. The van der Waals surface area contributed by atoms with Gasteiger partial charge in [0.15, 0.2) is 9.84 Å². The minimum absolute atomic E-state index is 0.398. The van der Waals surface area contributed by atoms with Crippen molar-refractivity contribution >= 4 is 42.9 Å². The van der Waals surface area contributed by atoms with Crippen molar-refractivity contribution in [2.45, 2.75) is 30.2 Å². The maximum absolute atomic E-state index is 12.2. The van der Waals surface area contributed by atoms with Crippen molar-refractivity contribution < 1.29 is 8.42 Å². The number of hydrogen-bond donors (Lipinski definition) is 0. The van der Waals surface area contributed by atoms with Crippen molar-refractivity contribution in [1.29, 1.82) is 0 Å². The van der Waals surface area contributed by atoms with Crippen LogP contribution >= 0.6 is 22.9 Å². The maximum atomic E-state index is 12.2. The van der Waals surface area contributed by atoms with Gasteiger partial charge in [0.1, 0.15) is 4.21 Å². The summed E-state index contributed by atoms with van der Waals surface area (Å²) in [5.74, 6) is 0. The molecule has 0 amide bonds. The van der Waals surface area contributed by atoms with Gasteiger partial charge in [-0.15, -0.1) is 11.3 Å². The third-order valence-electron chi connectivity index (χ3n) is 2.73. The minimum Gasteiger partial charge on any atom is -0.223 e. The largest absolute Gasteiger partial charge is 0.223 e. The van der Waals surface area contributed by atoms with E-state index in [0.29, 0.717) is 9.23 Å². The van der Waals surface area contributed by atoms with Crippen LogP contribution in [-0.4, -0.2) is 13.7 Å². The standard InChI is InChI=1S/C12H13ClO2S2/c1-7(2)17(14,15)12-8(3)10-6-9(13)4-5-11(10)16-12/h4-7H,1-3H3. The number of fused-ring (bicyclic) bond motifs is 1. The molecule has 0 saturated carbocycles. The van der Waals surface area contributed by atoms with Crippen LogP contribution < -0.4 is 0 Å². The van der Waals surface area contributed by atoms with Crippen molar-refractivity contribution in [3.8, 4) is 0 Å². The molecule has 0 aliphatic heterocycles. The first-order valence-corrected chi connectivity index (χ1v) is 8.00. The van der Waals surface area contributed by atoms with Crippen LogP contribution in [0.2, 0.25) is 5.02 Å². The monoisotopic (exact) mass is 288 g/mol. The Morgan fingerprint density at radius 1 is 1.29 bits per heavy atom. The van der Waals surface area contributed by atoms with Crippen LogP contribution in [-0.2, 0) is 9.84 Å². The summed E-state index contributed by atoms with van der Waals surface area (Å²) in [5.41, 5.74) is 0.807. The maximum Gasteiger partial charge on any atom is 0.190 e. The number of aryl methyl sites for hydroxylation is 1. The number of sulfone groups is 1. The second-order valence-corrected chi connectivity index (χ2v) is 8.44. The van der Waals surface area contributed by atoms with Gasteiger partial charge < -0.3 is 0 Å². The number of halogens is 1. The molecule has 1 heterocycles. The van der Waals surface area contributed by atoms with E-state index < -0.39 is 15.1 Å². The van der Waals surface area contributed by atoms with Gasteiger partial charge in [0.05, 0.1) is 5.25 Å². The molecule has 0 aliphatic rings. The molecule has 17 heavy (non-hydrogen) atoms. The van der Waals surface area contributed by atoms with Gasteiger partial charge in [0.2, 0.25) is 0 Å². The molecule has 2 rings (SSSR count). The zero-order valence-corrected chi connectivity index (χ0v) is 12.2. The van der Waals surface area contributed by atoms with Gasteiger partial charge >= 0.3 is 0 Å². The van der Waals surface area contributed by atoms with Crippen molar-refractivity contribution in [2.75, 3.05) is 0 Å². The molecule has 0 bridgehead atoms. The van der Waals surface area contributed by atoms with Gasteiger partial charge in [-0.2, -0.15) is 0 Å². The van der Waals surface area contributed by atoms with Gasteiger partial charge in [-0.25, -0.2) is 8.42 Å². The first-order valence-electron chi connectivity index (χ1n) is 5.26. The Morgan fingerprint density at radius 2 is 1.94 bits per heavy atom. The minimum atomic E-state index is -3.21. The predicted molar refractivity (Wildman–Crippen MR) is 73.9 cm³/mol. The average molecular weight is 289 g/mol.